The second kappa shape index (κ2) is 4.47. The largest absolute Gasteiger partial charge is 0.331 e. The van der Waals surface area contributed by atoms with Crippen LogP contribution in [0.1, 0.15) is 26.7 Å². The molecule has 80 valence electrons. The van der Waals surface area contributed by atoms with Gasteiger partial charge in [-0.1, -0.05) is 26.0 Å². The lowest BCUT2D eigenvalue weighted by atomic mass is 10.1. The first-order valence-corrected chi connectivity index (χ1v) is 5.67. The van der Waals surface area contributed by atoms with Gasteiger partial charge in [-0.25, -0.2) is 4.98 Å². The van der Waals surface area contributed by atoms with Crippen molar-refractivity contribution in [2.24, 2.45) is 5.92 Å². The molecule has 2 aromatic rings. The maximum absolute atomic E-state index is 4.38. The van der Waals surface area contributed by atoms with Crippen LogP contribution < -0.4 is 0 Å². The van der Waals surface area contributed by atoms with E-state index in [1.807, 2.05) is 12.4 Å². The molecule has 1 aromatic heterocycles. The average Bonchev–Trinajstić information content (AvgIpc) is 2.62. The van der Waals surface area contributed by atoms with E-state index in [4.69, 9.17) is 0 Å². The van der Waals surface area contributed by atoms with E-state index in [0.29, 0.717) is 0 Å². The first-order valence-electron chi connectivity index (χ1n) is 5.67. The summed E-state index contributed by atoms with van der Waals surface area (Å²) in [5, 5.41) is 0. The Bertz CT molecular complexity index is 429. The van der Waals surface area contributed by atoms with Gasteiger partial charge in [0.25, 0.3) is 0 Å². The zero-order valence-corrected chi connectivity index (χ0v) is 9.48. The van der Waals surface area contributed by atoms with Gasteiger partial charge in [0, 0.05) is 6.54 Å². The summed E-state index contributed by atoms with van der Waals surface area (Å²) in [7, 11) is 0. The highest BCUT2D eigenvalue weighted by molar-refractivity contribution is 5.74. The van der Waals surface area contributed by atoms with E-state index in [-0.39, 0.29) is 0 Å². The highest BCUT2D eigenvalue weighted by Crippen LogP contribution is 2.13. The molecule has 0 spiro atoms. The number of aryl methyl sites for hydroxylation is 1. The van der Waals surface area contributed by atoms with Gasteiger partial charge in [0.2, 0.25) is 0 Å². The molecule has 0 aliphatic rings. The molecule has 0 amide bonds. The summed E-state index contributed by atoms with van der Waals surface area (Å²) in [5.74, 6) is 0.791. The van der Waals surface area contributed by atoms with Crippen molar-refractivity contribution in [2.75, 3.05) is 0 Å². The van der Waals surface area contributed by atoms with Gasteiger partial charge in [-0.2, -0.15) is 0 Å². The summed E-state index contributed by atoms with van der Waals surface area (Å²) >= 11 is 0. The average molecular weight is 202 g/mol. The summed E-state index contributed by atoms with van der Waals surface area (Å²) < 4.78 is 2.25. The van der Waals surface area contributed by atoms with Crippen LogP contribution >= 0.6 is 0 Å². The minimum absolute atomic E-state index is 0.791. The fourth-order valence-electron chi connectivity index (χ4n) is 1.86. The van der Waals surface area contributed by atoms with E-state index in [9.17, 15) is 0 Å². The van der Waals surface area contributed by atoms with Crippen LogP contribution in [0.25, 0.3) is 11.0 Å². The van der Waals surface area contributed by atoms with Gasteiger partial charge in [-0.3, -0.25) is 0 Å². The Kier molecular flexibility index (Phi) is 3.05. The molecule has 0 fully saturated rings. The van der Waals surface area contributed by atoms with Gasteiger partial charge in [-0.05, 0) is 30.9 Å². The molecule has 0 saturated heterocycles. The molecule has 2 heteroatoms. The summed E-state index contributed by atoms with van der Waals surface area (Å²) in [5.41, 5.74) is 2.35. The molecule has 0 aliphatic carbocycles. The van der Waals surface area contributed by atoms with Crippen LogP contribution in [0, 0.1) is 5.92 Å². The number of rotatable bonds is 4. The van der Waals surface area contributed by atoms with Gasteiger partial charge >= 0.3 is 0 Å². The van der Waals surface area contributed by atoms with E-state index in [2.05, 4.69) is 41.6 Å². The summed E-state index contributed by atoms with van der Waals surface area (Å²) in [6.45, 7) is 5.62. The Morgan fingerprint density at radius 2 is 2.07 bits per heavy atom. The lowest BCUT2D eigenvalue weighted by molar-refractivity contribution is 0.516. The molecule has 0 saturated carbocycles. The molecule has 0 atom stereocenters. The van der Waals surface area contributed by atoms with Gasteiger partial charge in [0.05, 0.1) is 17.4 Å². The molecule has 1 aromatic carbocycles. The Labute approximate surface area is 90.9 Å². The maximum atomic E-state index is 4.38. The van der Waals surface area contributed by atoms with E-state index in [0.717, 1.165) is 18.0 Å². The third-order valence-corrected chi connectivity index (χ3v) is 2.71. The zero-order valence-electron chi connectivity index (χ0n) is 9.48. The number of hydrogen-bond acceptors (Lipinski definition) is 1. The molecule has 15 heavy (non-hydrogen) atoms. The number of para-hydroxylation sites is 2. The molecule has 0 unspecified atom stereocenters. The van der Waals surface area contributed by atoms with Crippen molar-refractivity contribution < 1.29 is 0 Å². The zero-order chi connectivity index (χ0) is 10.7. The number of imidazole rings is 1. The van der Waals surface area contributed by atoms with Crippen LogP contribution in [-0.4, -0.2) is 9.55 Å². The van der Waals surface area contributed by atoms with Gasteiger partial charge in [0.1, 0.15) is 0 Å². The van der Waals surface area contributed by atoms with Crippen LogP contribution in [0.15, 0.2) is 30.6 Å². The Morgan fingerprint density at radius 3 is 2.87 bits per heavy atom. The highest BCUT2D eigenvalue weighted by atomic mass is 15.0. The third kappa shape index (κ3) is 2.38. The van der Waals surface area contributed by atoms with E-state index in [1.165, 1.54) is 18.4 Å². The first-order chi connectivity index (χ1) is 7.27. The fourth-order valence-corrected chi connectivity index (χ4v) is 1.86. The lowest BCUT2D eigenvalue weighted by Gasteiger charge is -2.06. The molecule has 0 radical (unpaired) electrons. The molecular weight excluding hydrogens is 184 g/mol. The van der Waals surface area contributed by atoms with Crippen molar-refractivity contribution in [3.05, 3.63) is 30.6 Å². The number of nitrogens with zero attached hydrogens (tertiary/aromatic N) is 2. The van der Waals surface area contributed by atoms with Gasteiger partial charge in [-0.15, -0.1) is 0 Å². The fraction of sp³-hybridized carbons (Fsp3) is 0.462. The lowest BCUT2D eigenvalue weighted by Crippen LogP contribution is -1.98. The predicted octanol–water partition coefficient (Wildman–Crippen LogP) is 3.47. The summed E-state index contributed by atoms with van der Waals surface area (Å²) in [6.07, 6.45) is 4.47. The Morgan fingerprint density at radius 1 is 1.27 bits per heavy atom. The monoisotopic (exact) mass is 202 g/mol. The Balaban J connectivity index is 2.08. The van der Waals surface area contributed by atoms with Crippen LogP contribution in [-0.2, 0) is 6.54 Å². The minimum Gasteiger partial charge on any atom is -0.331 e. The van der Waals surface area contributed by atoms with Crippen LogP contribution in [0.3, 0.4) is 0 Å². The molecule has 0 bridgehead atoms. The smallest absolute Gasteiger partial charge is 0.0958 e. The van der Waals surface area contributed by atoms with Crippen molar-refractivity contribution in [1.29, 1.82) is 0 Å². The maximum Gasteiger partial charge on any atom is 0.0958 e. The summed E-state index contributed by atoms with van der Waals surface area (Å²) in [4.78, 5) is 4.38. The molecule has 2 nitrogen and oxygen atoms in total. The molecular formula is C13H18N2. The van der Waals surface area contributed by atoms with Crippen molar-refractivity contribution in [1.82, 2.24) is 9.55 Å². The van der Waals surface area contributed by atoms with Crippen molar-refractivity contribution in [2.45, 2.75) is 33.2 Å². The normalized spacial score (nSPS) is 11.4. The second-order valence-corrected chi connectivity index (χ2v) is 4.46. The summed E-state index contributed by atoms with van der Waals surface area (Å²) in [6, 6.07) is 8.31. The third-order valence-electron chi connectivity index (χ3n) is 2.71. The predicted molar refractivity (Wildman–Crippen MR) is 63.8 cm³/mol. The van der Waals surface area contributed by atoms with Crippen molar-refractivity contribution >= 4 is 11.0 Å². The van der Waals surface area contributed by atoms with Gasteiger partial charge in [0.15, 0.2) is 0 Å². The van der Waals surface area contributed by atoms with E-state index >= 15 is 0 Å². The topological polar surface area (TPSA) is 17.8 Å². The minimum atomic E-state index is 0.791. The number of hydrogen-bond donors (Lipinski definition) is 0. The molecule has 0 aliphatic heterocycles. The second-order valence-electron chi connectivity index (χ2n) is 4.46. The van der Waals surface area contributed by atoms with Crippen molar-refractivity contribution in [3.63, 3.8) is 0 Å². The number of aromatic nitrogens is 2. The molecule has 2 rings (SSSR count). The molecule has 0 N–H and O–H groups in total. The quantitative estimate of drug-likeness (QED) is 0.742. The first kappa shape index (κ1) is 10.2. The standard InChI is InChI=1S/C13H18N2/c1-11(2)6-5-9-15-10-14-12-7-3-4-8-13(12)15/h3-4,7-8,10-11H,5-6,9H2,1-2H3. The van der Waals surface area contributed by atoms with E-state index in [1.54, 1.807) is 0 Å². The SMILES string of the molecule is CC(C)CCCn1cnc2ccccc21. The van der Waals surface area contributed by atoms with E-state index < -0.39 is 0 Å². The number of benzene rings is 1. The van der Waals surface area contributed by atoms with Crippen LogP contribution in [0.2, 0.25) is 0 Å². The Hall–Kier alpha value is -1.31. The van der Waals surface area contributed by atoms with Gasteiger partial charge < -0.3 is 4.57 Å². The number of fused-ring (bicyclic) bond motifs is 1. The van der Waals surface area contributed by atoms with Crippen LogP contribution in [0.5, 0.6) is 0 Å². The van der Waals surface area contributed by atoms with Crippen molar-refractivity contribution in [3.8, 4) is 0 Å². The highest BCUT2D eigenvalue weighted by Gasteiger charge is 2.01. The van der Waals surface area contributed by atoms with Crippen LogP contribution in [0.4, 0.5) is 0 Å². The molecule has 1 heterocycles.